The monoisotopic (exact) mass is 508 g/mol. The molecule has 4 nitrogen and oxygen atoms in total. The summed E-state index contributed by atoms with van der Waals surface area (Å²) in [5.41, 5.74) is -0.447. The standard InChI is InChI=1S/C30H49ClO4/c1-4-7-8-9-10-11-12-13-14-15-16-17-18-19-23-34-28(32)30(5-2,6-3)29(33)35-25-26-21-20-22-27(31)24-26/h20-22,24H,4-19,23,25H2,1-3H3. The number of unbranched alkanes of at least 4 members (excludes halogenated alkanes) is 13. The molecule has 0 aliphatic heterocycles. The van der Waals surface area contributed by atoms with Crippen LogP contribution in [0.15, 0.2) is 24.3 Å². The summed E-state index contributed by atoms with van der Waals surface area (Å²) in [6.45, 7) is 6.38. The van der Waals surface area contributed by atoms with Crippen molar-refractivity contribution in [1.29, 1.82) is 0 Å². The van der Waals surface area contributed by atoms with Crippen LogP contribution in [-0.4, -0.2) is 18.5 Å². The summed E-state index contributed by atoms with van der Waals surface area (Å²) in [4.78, 5) is 25.7. The maximum absolute atomic E-state index is 12.8. The average Bonchev–Trinajstić information content (AvgIpc) is 2.86. The third-order valence-corrected chi connectivity index (χ3v) is 7.21. The summed E-state index contributed by atoms with van der Waals surface area (Å²) in [6.07, 6.45) is 18.7. The second kappa shape index (κ2) is 19.6. The molecule has 0 fully saturated rings. The Labute approximate surface area is 219 Å². The molecule has 1 aromatic rings. The molecule has 0 atom stereocenters. The van der Waals surface area contributed by atoms with Crippen LogP contribution in [0.4, 0.5) is 0 Å². The van der Waals surface area contributed by atoms with Crippen molar-refractivity contribution >= 4 is 23.5 Å². The maximum atomic E-state index is 12.8. The predicted molar refractivity (Wildman–Crippen MR) is 146 cm³/mol. The van der Waals surface area contributed by atoms with Gasteiger partial charge in [-0.15, -0.1) is 0 Å². The molecular formula is C30H49ClO4. The first-order valence-corrected chi connectivity index (χ1v) is 14.5. The molecule has 5 heteroatoms. The normalized spacial score (nSPS) is 11.4. The minimum atomic E-state index is -1.24. The Balaban J connectivity index is 2.17. The van der Waals surface area contributed by atoms with Gasteiger partial charge in [0.15, 0.2) is 5.41 Å². The van der Waals surface area contributed by atoms with Gasteiger partial charge in [-0.3, -0.25) is 9.59 Å². The molecular weight excluding hydrogens is 460 g/mol. The van der Waals surface area contributed by atoms with Gasteiger partial charge in [0.2, 0.25) is 0 Å². The van der Waals surface area contributed by atoms with Gasteiger partial charge in [0.05, 0.1) is 6.61 Å². The Morgan fingerprint density at radius 1 is 0.714 bits per heavy atom. The van der Waals surface area contributed by atoms with Crippen molar-refractivity contribution in [3.8, 4) is 0 Å². The van der Waals surface area contributed by atoms with Gasteiger partial charge in [0.25, 0.3) is 0 Å². The highest BCUT2D eigenvalue weighted by Gasteiger charge is 2.45. The fraction of sp³-hybridized carbons (Fsp3) is 0.733. The van der Waals surface area contributed by atoms with Crippen molar-refractivity contribution in [2.24, 2.45) is 5.41 Å². The maximum Gasteiger partial charge on any atom is 0.323 e. The lowest BCUT2D eigenvalue weighted by Crippen LogP contribution is -2.41. The minimum absolute atomic E-state index is 0.0907. The van der Waals surface area contributed by atoms with Crippen molar-refractivity contribution in [3.05, 3.63) is 34.9 Å². The zero-order valence-corrected chi connectivity index (χ0v) is 23.3. The lowest BCUT2D eigenvalue weighted by atomic mass is 9.82. The summed E-state index contributed by atoms with van der Waals surface area (Å²) in [6, 6.07) is 7.17. The number of carbonyl (C=O) groups is 2. The molecule has 1 rings (SSSR count). The number of halogens is 1. The van der Waals surface area contributed by atoms with E-state index < -0.39 is 17.4 Å². The number of carbonyl (C=O) groups excluding carboxylic acids is 2. The van der Waals surface area contributed by atoms with E-state index in [1.54, 1.807) is 12.1 Å². The molecule has 0 saturated heterocycles. The van der Waals surface area contributed by atoms with Crippen molar-refractivity contribution < 1.29 is 19.1 Å². The Morgan fingerprint density at radius 2 is 1.20 bits per heavy atom. The molecule has 0 aromatic heterocycles. The van der Waals surface area contributed by atoms with E-state index in [1.165, 1.54) is 77.0 Å². The highest BCUT2D eigenvalue weighted by atomic mass is 35.5. The zero-order chi connectivity index (χ0) is 25.8. The molecule has 200 valence electrons. The number of hydrogen-bond donors (Lipinski definition) is 0. The van der Waals surface area contributed by atoms with Crippen LogP contribution in [0.25, 0.3) is 0 Å². The minimum Gasteiger partial charge on any atom is -0.465 e. The van der Waals surface area contributed by atoms with Crippen molar-refractivity contribution in [2.45, 2.75) is 130 Å². The summed E-state index contributed by atoms with van der Waals surface area (Å²) < 4.78 is 11.0. The molecule has 0 radical (unpaired) electrons. The summed E-state index contributed by atoms with van der Waals surface area (Å²) >= 11 is 5.99. The van der Waals surface area contributed by atoms with E-state index >= 15 is 0 Å². The number of rotatable bonds is 21. The van der Waals surface area contributed by atoms with E-state index in [9.17, 15) is 9.59 Å². The molecule has 1 aromatic carbocycles. The number of esters is 2. The molecule has 0 amide bonds. The van der Waals surface area contributed by atoms with E-state index in [2.05, 4.69) is 6.92 Å². The van der Waals surface area contributed by atoms with Crippen LogP contribution in [0.3, 0.4) is 0 Å². The fourth-order valence-electron chi connectivity index (χ4n) is 4.42. The van der Waals surface area contributed by atoms with Crippen LogP contribution in [0.5, 0.6) is 0 Å². The van der Waals surface area contributed by atoms with Crippen LogP contribution < -0.4 is 0 Å². The van der Waals surface area contributed by atoms with Crippen molar-refractivity contribution in [2.75, 3.05) is 6.61 Å². The van der Waals surface area contributed by atoms with Gasteiger partial charge >= 0.3 is 11.9 Å². The van der Waals surface area contributed by atoms with Crippen LogP contribution in [0, 0.1) is 5.41 Å². The predicted octanol–water partition coefficient (Wildman–Crippen LogP) is 9.21. The molecule has 35 heavy (non-hydrogen) atoms. The van der Waals surface area contributed by atoms with Gasteiger partial charge < -0.3 is 9.47 Å². The van der Waals surface area contributed by atoms with E-state index in [1.807, 2.05) is 26.0 Å². The quantitative estimate of drug-likeness (QED) is 0.0942. The second-order valence-electron chi connectivity index (χ2n) is 9.73. The first kappa shape index (κ1) is 31.5. The largest absolute Gasteiger partial charge is 0.465 e. The Hall–Kier alpha value is -1.55. The molecule has 0 aliphatic carbocycles. The Bertz CT molecular complexity index is 699. The summed E-state index contributed by atoms with van der Waals surface area (Å²) in [7, 11) is 0. The summed E-state index contributed by atoms with van der Waals surface area (Å²) in [5, 5.41) is 0.586. The first-order chi connectivity index (χ1) is 17.0. The van der Waals surface area contributed by atoms with E-state index in [-0.39, 0.29) is 6.61 Å². The molecule has 0 N–H and O–H groups in total. The molecule has 0 aliphatic rings. The Morgan fingerprint density at radius 3 is 1.69 bits per heavy atom. The van der Waals surface area contributed by atoms with Gasteiger partial charge in [-0.25, -0.2) is 0 Å². The molecule has 0 bridgehead atoms. The van der Waals surface area contributed by atoms with Crippen molar-refractivity contribution in [1.82, 2.24) is 0 Å². The SMILES string of the molecule is CCCCCCCCCCCCCCCCOC(=O)C(CC)(CC)C(=O)OCc1cccc(Cl)c1. The van der Waals surface area contributed by atoms with E-state index in [4.69, 9.17) is 21.1 Å². The smallest absolute Gasteiger partial charge is 0.323 e. The second-order valence-corrected chi connectivity index (χ2v) is 10.2. The molecule has 0 heterocycles. The summed E-state index contributed by atoms with van der Waals surface area (Å²) in [5.74, 6) is -0.985. The van der Waals surface area contributed by atoms with E-state index in [0.29, 0.717) is 24.5 Å². The lowest BCUT2D eigenvalue weighted by molar-refractivity contribution is -0.174. The van der Waals surface area contributed by atoms with E-state index in [0.717, 1.165) is 18.4 Å². The highest BCUT2D eigenvalue weighted by Crippen LogP contribution is 2.31. The third kappa shape index (κ3) is 12.8. The number of benzene rings is 1. The lowest BCUT2D eigenvalue weighted by Gasteiger charge is -2.27. The van der Waals surface area contributed by atoms with Crippen LogP contribution in [0.1, 0.15) is 129 Å². The molecule has 0 saturated carbocycles. The Kier molecular flexibility index (Phi) is 17.6. The topological polar surface area (TPSA) is 52.6 Å². The number of hydrogen-bond acceptors (Lipinski definition) is 4. The van der Waals surface area contributed by atoms with Gasteiger partial charge in [-0.2, -0.15) is 0 Å². The van der Waals surface area contributed by atoms with Crippen LogP contribution >= 0.6 is 11.6 Å². The molecule has 0 unspecified atom stereocenters. The molecule has 0 spiro atoms. The number of ether oxygens (including phenoxy) is 2. The van der Waals surface area contributed by atoms with Crippen molar-refractivity contribution in [3.63, 3.8) is 0 Å². The first-order valence-electron chi connectivity index (χ1n) is 14.1. The third-order valence-electron chi connectivity index (χ3n) is 6.98. The van der Waals surface area contributed by atoms with Crippen LogP contribution in [-0.2, 0) is 25.7 Å². The van der Waals surface area contributed by atoms with Crippen LogP contribution in [0.2, 0.25) is 5.02 Å². The van der Waals surface area contributed by atoms with Gasteiger partial charge in [0, 0.05) is 5.02 Å². The van der Waals surface area contributed by atoms with Gasteiger partial charge in [-0.1, -0.05) is 128 Å². The highest BCUT2D eigenvalue weighted by molar-refractivity contribution is 6.30. The zero-order valence-electron chi connectivity index (χ0n) is 22.5. The van der Waals surface area contributed by atoms with Gasteiger partial charge in [-0.05, 0) is 37.0 Å². The van der Waals surface area contributed by atoms with Gasteiger partial charge in [0.1, 0.15) is 6.61 Å². The average molecular weight is 509 g/mol. The fourth-order valence-corrected chi connectivity index (χ4v) is 4.64.